The second-order valence-electron chi connectivity index (χ2n) is 6.09. The van der Waals surface area contributed by atoms with E-state index in [0.717, 1.165) is 44.5 Å². The number of hydrogen-bond donors (Lipinski definition) is 1. The summed E-state index contributed by atoms with van der Waals surface area (Å²) < 4.78 is 0. The molecule has 1 N–H and O–H groups in total. The summed E-state index contributed by atoms with van der Waals surface area (Å²) in [6, 6.07) is 8.61. The Morgan fingerprint density at radius 1 is 1.15 bits per heavy atom. The highest BCUT2D eigenvalue weighted by Crippen LogP contribution is 2.32. The van der Waals surface area contributed by atoms with Gasteiger partial charge in [-0.3, -0.25) is 4.90 Å². The van der Waals surface area contributed by atoms with Crippen LogP contribution in [0.15, 0.2) is 24.3 Å². The second kappa shape index (κ2) is 7.21. The van der Waals surface area contributed by atoms with E-state index in [4.69, 9.17) is 0 Å². The Labute approximate surface area is 123 Å². The Morgan fingerprint density at radius 3 is 2.60 bits per heavy atom. The van der Waals surface area contributed by atoms with E-state index >= 15 is 0 Å². The number of aryl methyl sites for hydroxylation is 1. The number of rotatable bonds is 6. The normalized spacial score (nSPS) is 22.3. The lowest BCUT2D eigenvalue weighted by atomic mass is 9.85. The van der Waals surface area contributed by atoms with Gasteiger partial charge in [-0.15, -0.1) is 0 Å². The van der Waals surface area contributed by atoms with Crippen LogP contribution in [0.3, 0.4) is 0 Å². The molecule has 0 amide bonds. The molecule has 1 aliphatic carbocycles. The zero-order chi connectivity index (χ0) is 14.5. The van der Waals surface area contributed by atoms with E-state index in [1.165, 1.54) is 5.56 Å². The van der Waals surface area contributed by atoms with Gasteiger partial charge in [-0.25, -0.2) is 0 Å². The standard InChI is InChI=1S/C17H28N2O/c1-4-11-19(13-12-18(2)3)16-10-9-14-7-5-6-8-15(14)17(16)20/h5-8,16-17,20H,4,9-13H2,1-3H3. The smallest absolute Gasteiger partial charge is 0.0947 e. The molecule has 3 heteroatoms. The van der Waals surface area contributed by atoms with Gasteiger partial charge in [0.15, 0.2) is 0 Å². The summed E-state index contributed by atoms with van der Waals surface area (Å²) in [6.07, 6.45) is 2.94. The third kappa shape index (κ3) is 3.60. The van der Waals surface area contributed by atoms with Gasteiger partial charge < -0.3 is 10.0 Å². The molecule has 1 aliphatic rings. The Balaban J connectivity index is 2.10. The number of benzene rings is 1. The van der Waals surface area contributed by atoms with Crippen LogP contribution in [-0.2, 0) is 6.42 Å². The average molecular weight is 276 g/mol. The number of aliphatic hydroxyl groups is 1. The fourth-order valence-electron chi connectivity index (χ4n) is 3.16. The third-order valence-corrected chi connectivity index (χ3v) is 4.26. The summed E-state index contributed by atoms with van der Waals surface area (Å²) in [5.74, 6) is 0. The fraction of sp³-hybridized carbons (Fsp3) is 0.647. The number of hydrogen-bond acceptors (Lipinski definition) is 3. The van der Waals surface area contributed by atoms with Crippen molar-refractivity contribution in [1.29, 1.82) is 0 Å². The van der Waals surface area contributed by atoms with Crippen LogP contribution in [0.5, 0.6) is 0 Å². The maximum atomic E-state index is 10.7. The number of fused-ring (bicyclic) bond motifs is 1. The van der Waals surface area contributed by atoms with Crippen molar-refractivity contribution in [3.05, 3.63) is 35.4 Å². The van der Waals surface area contributed by atoms with Crippen molar-refractivity contribution in [2.24, 2.45) is 0 Å². The second-order valence-corrected chi connectivity index (χ2v) is 6.09. The summed E-state index contributed by atoms with van der Waals surface area (Å²) in [5.41, 5.74) is 2.45. The van der Waals surface area contributed by atoms with Crippen LogP contribution in [0.25, 0.3) is 0 Å². The first kappa shape index (κ1) is 15.5. The SMILES string of the molecule is CCCN(CCN(C)C)C1CCc2ccccc2C1O. The van der Waals surface area contributed by atoms with Gasteiger partial charge >= 0.3 is 0 Å². The number of likely N-dealkylation sites (N-methyl/N-ethyl adjacent to an activating group) is 1. The monoisotopic (exact) mass is 276 g/mol. The summed E-state index contributed by atoms with van der Waals surface area (Å²) in [7, 11) is 4.22. The lowest BCUT2D eigenvalue weighted by molar-refractivity contribution is 0.0328. The minimum Gasteiger partial charge on any atom is -0.387 e. The Hall–Kier alpha value is -0.900. The minimum atomic E-state index is -0.339. The largest absolute Gasteiger partial charge is 0.387 e. The molecule has 0 fully saturated rings. The molecule has 20 heavy (non-hydrogen) atoms. The Bertz CT molecular complexity index is 419. The van der Waals surface area contributed by atoms with Crippen molar-refractivity contribution < 1.29 is 5.11 Å². The van der Waals surface area contributed by atoms with E-state index in [2.05, 4.69) is 49.0 Å². The first-order valence-electron chi connectivity index (χ1n) is 7.78. The molecule has 0 saturated carbocycles. The quantitative estimate of drug-likeness (QED) is 0.864. The summed E-state index contributed by atoms with van der Waals surface area (Å²) in [4.78, 5) is 4.69. The molecule has 0 heterocycles. The molecular weight excluding hydrogens is 248 g/mol. The molecule has 3 nitrogen and oxygen atoms in total. The molecule has 0 aliphatic heterocycles. The average Bonchev–Trinajstić information content (AvgIpc) is 2.44. The van der Waals surface area contributed by atoms with Crippen LogP contribution >= 0.6 is 0 Å². The maximum Gasteiger partial charge on any atom is 0.0947 e. The van der Waals surface area contributed by atoms with Gasteiger partial charge in [0.1, 0.15) is 0 Å². The summed E-state index contributed by atoms with van der Waals surface area (Å²) in [6.45, 7) is 5.36. The molecule has 0 radical (unpaired) electrons. The van der Waals surface area contributed by atoms with Crippen LogP contribution in [0.2, 0.25) is 0 Å². The predicted octanol–water partition coefficient (Wildman–Crippen LogP) is 2.31. The van der Waals surface area contributed by atoms with Crippen molar-refractivity contribution in [2.75, 3.05) is 33.7 Å². The molecule has 1 aromatic rings. The Kier molecular flexibility index (Phi) is 5.58. The van der Waals surface area contributed by atoms with Crippen molar-refractivity contribution in [2.45, 2.75) is 38.3 Å². The number of nitrogens with zero attached hydrogens (tertiary/aromatic N) is 2. The molecule has 0 spiro atoms. The van der Waals surface area contributed by atoms with Crippen LogP contribution in [0.1, 0.15) is 37.0 Å². The van der Waals surface area contributed by atoms with E-state index in [1.54, 1.807) is 0 Å². The van der Waals surface area contributed by atoms with Crippen molar-refractivity contribution in [3.8, 4) is 0 Å². The van der Waals surface area contributed by atoms with E-state index in [-0.39, 0.29) is 12.1 Å². The van der Waals surface area contributed by atoms with Gasteiger partial charge in [-0.05, 0) is 51.0 Å². The predicted molar refractivity (Wildman–Crippen MR) is 83.9 cm³/mol. The van der Waals surface area contributed by atoms with Gasteiger partial charge in [-0.2, -0.15) is 0 Å². The fourth-order valence-corrected chi connectivity index (χ4v) is 3.16. The lowest BCUT2D eigenvalue weighted by Crippen LogP contribution is -2.45. The summed E-state index contributed by atoms with van der Waals surface area (Å²) in [5, 5.41) is 10.7. The van der Waals surface area contributed by atoms with Crippen LogP contribution in [0.4, 0.5) is 0 Å². The molecule has 2 unspecified atom stereocenters. The van der Waals surface area contributed by atoms with Gasteiger partial charge in [0.2, 0.25) is 0 Å². The topological polar surface area (TPSA) is 26.7 Å². The highest BCUT2D eigenvalue weighted by molar-refractivity contribution is 5.32. The van der Waals surface area contributed by atoms with Crippen LogP contribution in [0, 0.1) is 0 Å². The van der Waals surface area contributed by atoms with Gasteiger partial charge in [0.05, 0.1) is 6.10 Å². The highest BCUT2D eigenvalue weighted by atomic mass is 16.3. The zero-order valence-electron chi connectivity index (χ0n) is 13.0. The molecule has 112 valence electrons. The molecular formula is C17H28N2O. The molecule has 0 saturated heterocycles. The zero-order valence-corrected chi connectivity index (χ0v) is 13.0. The van der Waals surface area contributed by atoms with E-state index in [9.17, 15) is 5.11 Å². The van der Waals surface area contributed by atoms with Gasteiger partial charge in [-0.1, -0.05) is 31.2 Å². The molecule has 1 aromatic carbocycles. The van der Waals surface area contributed by atoms with Crippen molar-refractivity contribution >= 4 is 0 Å². The highest BCUT2D eigenvalue weighted by Gasteiger charge is 2.31. The van der Waals surface area contributed by atoms with Gasteiger partial charge in [0.25, 0.3) is 0 Å². The first-order valence-corrected chi connectivity index (χ1v) is 7.78. The maximum absolute atomic E-state index is 10.7. The van der Waals surface area contributed by atoms with Crippen molar-refractivity contribution in [1.82, 2.24) is 9.80 Å². The van der Waals surface area contributed by atoms with Crippen molar-refractivity contribution in [3.63, 3.8) is 0 Å². The molecule has 0 bridgehead atoms. The van der Waals surface area contributed by atoms with Crippen LogP contribution in [-0.4, -0.2) is 54.7 Å². The lowest BCUT2D eigenvalue weighted by Gasteiger charge is -2.39. The molecule has 0 aromatic heterocycles. The minimum absolute atomic E-state index is 0.268. The Morgan fingerprint density at radius 2 is 1.90 bits per heavy atom. The number of aliphatic hydroxyl groups excluding tert-OH is 1. The van der Waals surface area contributed by atoms with E-state index in [0.29, 0.717) is 0 Å². The first-order chi connectivity index (χ1) is 9.63. The molecule has 2 atom stereocenters. The van der Waals surface area contributed by atoms with E-state index in [1.807, 2.05) is 6.07 Å². The molecule has 2 rings (SSSR count). The van der Waals surface area contributed by atoms with Crippen LogP contribution < -0.4 is 0 Å². The van der Waals surface area contributed by atoms with E-state index < -0.39 is 0 Å². The summed E-state index contributed by atoms with van der Waals surface area (Å²) >= 11 is 0. The van der Waals surface area contributed by atoms with Gasteiger partial charge in [0, 0.05) is 19.1 Å². The third-order valence-electron chi connectivity index (χ3n) is 4.26.